The fraction of sp³-hybridized carbons (Fsp3) is 0.647. The highest BCUT2D eigenvalue weighted by atomic mass is 16.5. The third-order valence-electron chi connectivity index (χ3n) is 3.45. The van der Waals surface area contributed by atoms with Crippen LogP contribution in [0.3, 0.4) is 0 Å². The van der Waals surface area contributed by atoms with Crippen LogP contribution in [0.1, 0.15) is 39.2 Å². The lowest BCUT2D eigenvalue weighted by molar-refractivity contribution is 0.213. The van der Waals surface area contributed by atoms with Crippen LogP contribution < -0.4 is 10.1 Å². The molecule has 3 nitrogen and oxygen atoms in total. The molecule has 0 bridgehead atoms. The second kappa shape index (κ2) is 10.7. The third-order valence-corrected chi connectivity index (χ3v) is 3.45. The lowest BCUT2D eigenvalue weighted by atomic mass is 10.2. The number of likely N-dealkylation sites (N-methyl/N-ethyl adjacent to an activating group) is 1. The first kappa shape index (κ1) is 17.0. The van der Waals surface area contributed by atoms with E-state index in [0.717, 1.165) is 38.5 Å². The van der Waals surface area contributed by atoms with E-state index < -0.39 is 0 Å². The summed E-state index contributed by atoms with van der Waals surface area (Å²) in [6.07, 6.45) is 2.53. The lowest BCUT2D eigenvalue weighted by Crippen LogP contribution is -2.29. The topological polar surface area (TPSA) is 24.5 Å². The van der Waals surface area contributed by atoms with Gasteiger partial charge in [0.2, 0.25) is 0 Å². The Bertz CT molecular complexity index is 337. The van der Waals surface area contributed by atoms with Crippen LogP contribution >= 0.6 is 0 Å². The summed E-state index contributed by atoms with van der Waals surface area (Å²) in [5.74, 6) is 0.969. The number of rotatable bonds is 11. The molecule has 1 aromatic rings. The standard InChI is InChI=1S/C17H30N2O/c1-4-7-12-19(6-3)13-14-20-17-10-8-16(9-11-17)15-18-5-2/h8-11,18H,4-7,12-15H2,1-3H3. The van der Waals surface area contributed by atoms with E-state index >= 15 is 0 Å². The van der Waals surface area contributed by atoms with Crippen molar-refractivity contribution in [2.45, 2.75) is 40.2 Å². The maximum atomic E-state index is 5.82. The summed E-state index contributed by atoms with van der Waals surface area (Å²) >= 11 is 0. The fourth-order valence-electron chi connectivity index (χ4n) is 2.08. The van der Waals surface area contributed by atoms with Gasteiger partial charge < -0.3 is 15.0 Å². The van der Waals surface area contributed by atoms with E-state index in [1.54, 1.807) is 0 Å². The van der Waals surface area contributed by atoms with Gasteiger partial charge in [0.15, 0.2) is 0 Å². The van der Waals surface area contributed by atoms with Gasteiger partial charge in [0.1, 0.15) is 12.4 Å². The van der Waals surface area contributed by atoms with E-state index in [-0.39, 0.29) is 0 Å². The molecule has 3 heteroatoms. The van der Waals surface area contributed by atoms with Gasteiger partial charge in [0.25, 0.3) is 0 Å². The third kappa shape index (κ3) is 6.92. The number of nitrogens with one attached hydrogen (secondary N) is 1. The van der Waals surface area contributed by atoms with Gasteiger partial charge >= 0.3 is 0 Å². The Morgan fingerprint density at radius 3 is 2.40 bits per heavy atom. The summed E-state index contributed by atoms with van der Waals surface area (Å²) in [7, 11) is 0. The van der Waals surface area contributed by atoms with Crippen LogP contribution in [0.25, 0.3) is 0 Å². The minimum Gasteiger partial charge on any atom is -0.492 e. The molecule has 0 unspecified atom stereocenters. The van der Waals surface area contributed by atoms with Crippen molar-refractivity contribution in [2.24, 2.45) is 0 Å². The summed E-state index contributed by atoms with van der Waals surface area (Å²) in [5, 5.41) is 3.32. The van der Waals surface area contributed by atoms with E-state index in [9.17, 15) is 0 Å². The van der Waals surface area contributed by atoms with Crippen molar-refractivity contribution in [2.75, 3.05) is 32.8 Å². The molecule has 20 heavy (non-hydrogen) atoms. The van der Waals surface area contributed by atoms with Crippen molar-refractivity contribution in [3.05, 3.63) is 29.8 Å². The second-order valence-corrected chi connectivity index (χ2v) is 5.06. The molecule has 0 fully saturated rings. The van der Waals surface area contributed by atoms with Crippen molar-refractivity contribution < 1.29 is 4.74 Å². The van der Waals surface area contributed by atoms with Crippen LogP contribution in [0, 0.1) is 0 Å². The smallest absolute Gasteiger partial charge is 0.119 e. The maximum absolute atomic E-state index is 5.82. The molecule has 0 radical (unpaired) electrons. The average Bonchev–Trinajstić information content (AvgIpc) is 2.49. The average molecular weight is 278 g/mol. The number of hydrogen-bond donors (Lipinski definition) is 1. The molecule has 0 saturated carbocycles. The summed E-state index contributed by atoms with van der Waals surface area (Å²) in [6.45, 7) is 12.6. The predicted octanol–water partition coefficient (Wildman–Crippen LogP) is 3.30. The number of hydrogen-bond acceptors (Lipinski definition) is 3. The number of ether oxygens (including phenoxy) is 1. The first-order valence-corrected chi connectivity index (χ1v) is 7.94. The summed E-state index contributed by atoms with van der Waals surface area (Å²) < 4.78 is 5.82. The molecular formula is C17H30N2O. The Balaban J connectivity index is 2.27. The second-order valence-electron chi connectivity index (χ2n) is 5.06. The zero-order valence-electron chi connectivity index (χ0n) is 13.3. The SMILES string of the molecule is CCCCN(CC)CCOc1ccc(CNCC)cc1. The molecule has 0 aliphatic heterocycles. The summed E-state index contributed by atoms with van der Waals surface area (Å²) in [6, 6.07) is 8.39. The lowest BCUT2D eigenvalue weighted by Gasteiger charge is -2.20. The zero-order valence-corrected chi connectivity index (χ0v) is 13.3. The Kier molecular flexibility index (Phi) is 9.09. The highest BCUT2D eigenvalue weighted by Gasteiger charge is 2.02. The zero-order chi connectivity index (χ0) is 14.6. The van der Waals surface area contributed by atoms with Crippen molar-refractivity contribution in [1.82, 2.24) is 10.2 Å². The highest BCUT2D eigenvalue weighted by molar-refractivity contribution is 5.27. The van der Waals surface area contributed by atoms with Crippen LogP contribution in [-0.4, -0.2) is 37.7 Å². The quantitative estimate of drug-likeness (QED) is 0.672. The molecule has 0 aliphatic rings. The van der Waals surface area contributed by atoms with Crippen molar-refractivity contribution >= 4 is 0 Å². The highest BCUT2D eigenvalue weighted by Crippen LogP contribution is 2.12. The van der Waals surface area contributed by atoms with Crippen LogP contribution in [0.15, 0.2) is 24.3 Å². The Labute approximate surface area is 124 Å². The molecule has 0 saturated heterocycles. The van der Waals surface area contributed by atoms with Gasteiger partial charge in [-0.15, -0.1) is 0 Å². The largest absolute Gasteiger partial charge is 0.492 e. The Hall–Kier alpha value is -1.06. The van der Waals surface area contributed by atoms with Gasteiger partial charge in [0.05, 0.1) is 0 Å². The van der Waals surface area contributed by atoms with Crippen LogP contribution in [-0.2, 0) is 6.54 Å². The normalized spacial score (nSPS) is 11.0. The predicted molar refractivity (Wildman–Crippen MR) is 86.3 cm³/mol. The van der Waals surface area contributed by atoms with Gasteiger partial charge in [-0.2, -0.15) is 0 Å². The van der Waals surface area contributed by atoms with Gasteiger partial charge in [-0.25, -0.2) is 0 Å². The number of benzene rings is 1. The Morgan fingerprint density at radius 2 is 1.80 bits per heavy atom. The minimum absolute atomic E-state index is 0.768. The molecule has 0 aromatic heterocycles. The number of nitrogens with zero attached hydrogens (tertiary/aromatic N) is 1. The van der Waals surface area contributed by atoms with E-state index in [2.05, 4.69) is 55.3 Å². The molecule has 1 aromatic carbocycles. The first-order chi connectivity index (χ1) is 9.80. The molecule has 0 atom stereocenters. The van der Waals surface area contributed by atoms with Crippen LogP contribution in [0.4, 0.5) is 0 Å². The molecule has 1 N–H and O–H groups in total. The van der Waals surface area contributed by atoms with Crippen molar-refractivity contribution in [1.29, 1.82) is 0 Å². The van der Waals surface area contributed by atoms with Gasteiger partial charge in [-0.05, 0) is 43.8 Å². The van der Waals surface area contributed by atoms with E-state index in [4.69, 9.17) is 4.74 Å². The molecule has 1 rings (SSSR count). The van der Waals surface area contributed by atoms with Crippen LogP contribution in [0.2, 0.25) is 0 Å². The van der Waals surface area contributed by atoms with Crippen LogP contribution in [0.5, 0.6) is 5.75 Å². The van der Waals surface area contributed by atoms with E-state index in [1.807, 2.05) is 0 Å². The van der Waals surface area contributed by atoms with Crippen molar-refractivity contribution in [3.63, 3.8) is 0 Å². The number of unbranched alkanes of at least 4 members (excludes halogenated alkanes) is 1. The molecule has 0 heterocycles. The molecule has 114 valence electrons. The van der Waals surface area contributed by atoms with Gasteiger partial charge in [-0.1, -0.05) is 39.3 Å². The molecule has 0 aliphatic carbocycles. The monoisotopic (exact) mass is 278 g/mol. The molecule has 0 spiro atoms. The van der Waals surface area contributed by atoms with Gasteiger partial charge in [0, 0.05) is 13.1 Å². The van der Waals surface area contributed by atoms with Gasteiger partial charge in [-0.3, -0.25) is 0 Å². The van der Waals surface area contributed by atoms with E-state index in [1.165, 1.54) is 24.9 Å². The minimum atomic E-state index is 0.768. The summed E-state index contributed by atoms with van der Waals surface area (Å²) in [5.41, 5.74) is 1.30. The fourth-order valence-corrected chi connectivity index (χ4v) is 2.08. The van der Waals surface area contributed by atoms with Crippen molar-refractivity contribution in [3.8, 4) is 5.75 Å². The molecule has 0 amide bonds. The van der Waals surface area contributed by atoms with E-state index in [0.29, 0.717) is 0 Å². The Morgan fingerprint density at radius 1 is 1.05 bits per heavy atom. The summed E-state index contributed by atoms with van der Waals surface area (Å²) in [4.78, 5) is 2.45. The maximum Gasteiger partial charge on any atom is 0.119 e. The molecular weight excluding hydrogens is 248 g/mol. The first-order valence-electron chi connectivity index (χ1n) is 7.94.